The van der Waals surface area contributed by atoms with Crippen LogP contribution in [0.5, 0.6) is 5.75 Å². The molecule has 0 spiro atoms. The molecule has 1 heterocycles. The van der Waals surface area contributed by atoms with Gasteiger partial charge in [-0.15, -0.1) is 0 Å². The molecule has 0 aliphatic carbocycles. The normalized spacial score (nSPS) is 11.6. The van der Waals surface area contributed by atoms with E-state index in [1.807, 2.05) is 74.5 Å². The van der Waals surface area contributed by atoms with Gasteiger partial charge in [-0.1, -0.05) is 91.5 Å². The van der Waals surface area contributed by atoms with E-state index in [0.717, 1.165) is 46.7 Å². The number of nitrogens with one attached hydrogen (secondary N) is 1. The predicted octanol–water partition coefficient (Wildman–Crippen LogP) is 9.20. The van der Waals surface area contributed by atoms with Crippen LogP contribution in [-0.4, -0.2) is 36.6 Å². The zero-order chi connectivity index (χ0) is 33.5. The maximum atomic E-state index is 12.9. The lowest BCUT2D eigenvalue weighted by atomic mass is 9.86. The first-order valence-electron chi connectivity index (χ1n) is 16.4. The largest absolute Gasteiger partial charge is 0.494 e. The van der Waals surface area contributed by atoms with Gasteiger partial charge in [0.15, 0.2) is 0 Å². The summed E-state index contributed by atoms with van der Waals surface area (Å²) in [5.74, 6) is 0.514. The fraction of sp³-hybridized carbons (Fsp3) is 0.410. The first-order valence-corrected chi connectivity index (χ1v) is 16.4. The molecule has 7 nitrogen and oxygen atoms in total. The first-order chi connectivity index (χ1) is 22.2. The van der Waals surface area contributed by atoms with Crippen molar-refractivity contribution in [2.75, 3.05) is 13.7 Å². The third-order valence-electron chi connectivity index (χ3n) is 7.62. The van der Waals surface area contributed by atoms with Crippen LogP contribution < -0.4 is 10.1 Å². The average molecular weight is 627 g/mol. The second-order valence-electron chi connectivity index (χ2n) is 12.1. The van der Waals surface area contributed by atoms with Crippen molar-refractivity contribution in [2.24, 2.45) is 0 Å². The van der Waals surface area contributed by atoms with E-state index in [9.17, 15) is 9.59 Å². The molecule has 1 N–H and O–H groups in total. The van der Waals surface area contributed by atoms with Crippen molar-refractivity contribution in [1.29, 1.82) is 0 Å². The minimum absolute atomic E-state index is 0.0177. The summed E-state index contributed by atoms with van der Waals surface area (Å²) in [4.78, 5) is 30.2. The van der Waals surface area contributed by atoms with E-state index in [1.165, 1.54) is 32.8 Å². The van der Waals surface area contributed by atoms with Gasteiger partial charge in [0.1, 0.15) is 23.7 Å². The zero-order valence-electron chi connectivity index (χ0n) is 28.5. The molecule has 1 unspecified atom stereocenters. The van der Waals surface area contributed by atoms with Crippen molar-refractivity contribution in [2.45, 2.75) is 91.5 Å². The van der Waals surface area contributed by atoms with Gasteiger partial charge in [-0.3, -0.25) is 4.79 Å². The number of benzene rings is 3. The molecule has 0 radical (unpaired) electrons. The van der Waals surface area contributed by atoms with Crippen LogP contribution in [0.15, 0.2) is 83.5 Å². The quantitative estimate of drug-likeness (QED) is 0.111. The summed E-state index contributed by atoms with van der Waals surface area (Å²) in [6.07, 6.45) is 7.97. The lowest BCUT2D eigenvalue weighted by molar-refractivity contribution is -0.142. The SMILES string of the molecule is CC.CCCCCCCOc1ccc(-c2coc(-c3ccc(CC(NC(=O)c4ccc(C(C)(C)C)cc4)C(=O)OC)cc3)n2)cc1. The van der Waals surface area contributed by atoms with Gasteiger partial charge in [0.2, 0.25) is 5.89 Å². The minimum atomic E-state index is -0.831. The van der Waals surface area contributed by atoms with Crippen LogP contribution in [0.3, 0.4) is 0 Å². The van der Waals surface area contributed by atoms with Crippen molar-refractivity contribution in [3.63, 3.8) is 0 Å². The number of esters is 1. The fourth-order valence-electron chi connectivity index (χ4n) is 4.87. The summed E-state index contributed by atoms with van der Waals surface area (Å²) in [7, 11) is 1.32. The van der Waals surface area contributed by atoms with Crippen LogP contribution in [0, 0.1) is 0 Å². The fourth-order valence-corrected chi connectivity index (χ4v) is 4.87. The minimum Gasteiger partial charge on any atom is -0.494 e. The number of hydrogen-bond acceptors (Lipinski definition) is 6. The van der Waals surface area contributed by atoms with Crippen molar-refractivity contribution in [3.8, 4) is 28.5 Å². The summed E-state index contributed by atoms with van der Waals surface area (Å²) in [6, 6.07) is 22.1. The highest BCUT2D eigenvalue weighted by Crippen LogP contribution is 2.27. The van der Waals surface area contributed by atoms with E-state index >= 15 is 0 Å². The Kier molecular flexibility index (Phi) is 14.1. The topological polar surface area (TPSA) is 90.7 Å². The molecular weight excluding hydrogens is 576 g/mol. The van der Waals surface area contributed by atoms with Gasteiger partial charge in [-0.05, 0) is 71.5 Å². The van der Waals surface area contributed by atoms with Gasteiger partial charge in [-0.25, -0.2) is 9.78 Å². The molecule has 1 atom stereocenters. The van der Waals surface area contributed by atoms with E-state index in [-0.39, 0.29) is 17.7 Å². The third kappa shape index (κ3) is 10.6. The molecule has 0 saturated carbocycles. The number of methoxy groups -OCH3 is 1. The van der Waals surface area contributed by atoms with Crippen molar-refractivity contribution in [1.82, 2.24) is 10.3 Å². The highest BCUT2D eigenvalue weighted by molar-refractivity contribution is 5.96. The average Bonchev–Trinajstić information content (AvgIpc) is 3.57. The Morgan fingerprint density at radius 1 is 0.848 bits per heavy atom. The van der Waals surface area contributed by atoms with E-state index in [1.54, 1.807) is 18.4 Å². The molecule has 3 aromatic carbocycles. The molecule has 4 rings (SSSR count). The maximum absolute atomic E-state index is 12.9. The molecule has 0 bridgehead atoms. The smallest absolute Gasteiger partial charge is 0.328 e. The molecule has 1 aromatic heterocycles. The molecule has 0 saturated heterocycles. The van der Waals surface area contributed by atoms with Gasteiger partial charge in [-0.2, -0.15) is 0 Å². The number of nitrogens with zero attached hydrogens (tertiary/aromatic N) is 1. The van der Waals surface area contributed by atoms with Gasteiger partial charge in [0, 0.05) is 23.1 Å². The van der Waals surface area contributed by atoms with Gasteiger partial charge in [0.25, 0.3) is 5.91 Å². The number of aromatic nitrogens is 1. The molecule has 4 aromatic rings. The number of oxazole rings is 1. The van der Waals surface area contributed by atoms with Crippen LogP contribution in [0.2, 0.25) is 0 Å². The van der Waals surface area contributed by atoms with Crippen LogP contribution in [-0.2, 0) is 21.4 Å². The molecular formula is C39H50N2O5. The van der Waals surface area contributed by atoms with E-state index < -0.39 is 12.0 Å². The standard InChI is InChI=1S/C37H44N2O5.C2H6/c1-6-7-8-9-10-23-43-31-21-17-27(18-22-31)33-25-44-35(39-33)29-13-11-26(12-14-29)24-32(36(41)42-5)38-34(40)28-15-19-30(20-16-28)37(2,3)4;1-2/h11-22,25,32H,6-10,23-24H2,1-5H3,(H,38,40);1-2H3. The number of carbonyl (C=O) groups is 2. The Labute approximate surface area is 274 Å². The van der Waals surface area contributed by atoms with Crippen LogP contribution in [0.4, 0.5) is 0 Å². The summed E-state index contributed by atoms with van der Waals surface area (Å²) in [5.41, 5.74) is 4.94. The second-order valence-corrected chi connectivity index (χ2v) is 12.1. The Bertz CT molecular complexity index is 1480. The molecule has 0 aliphatic heterocycles. The van der Waals surface area contributed by atoms with Gasteiger partial charge < -0.3 is 19.2 Å². The van der Waals surface area contributed by atoms with Crippen LogP contribution >= 0.6 is 0 Å². The highest BCUT2D eigenvalue weighted by atomic mass is 16.5. The number of hydrogen-bond donors (Lipinski definition) is 1. The van der Waals surface area contributed by atoms with Crippen molar-refractivity contribution < 1.29 is 23.5 Å². The first kappa shape index (κ1) is 36.1. The number of rotatable bonds is 14. The summed E-state index contributed by atoms with van der Waals surface area (Å²) >= 11 is 0. The van der Waals surface area contributed by atoms with E-state index in [4.69, 9.17) is 13.9 Å². The number of unbranched alkanes of at least 4 members (excludes halogenated alkanes) is 4. The van der Waals surface area contributed by atoms with Crippen LogP contribution in [0.1, 0.15) is 95.1 Å². The van der Waals surface area contributed by atoms with E-state index in [0.29, 0.717) is 11.5 Å². The molecule has 46 heavy (non-hydrogen) atoms. The van der Waals surface area contributed by atoms with E-state index in [2.05, 4.69) is 38.0 Å². The summed E-state index contributed by atoms with van der Waals surface area (Å²) < 4.78 is 16.6. The third-order valence-corrected chi connectivity index (χ3v) is 7.62. The molecule has 0 fully saturated rings. The highest BCUT2D eigenvalue weighted by Gasteiger charge is 2.23. The number of amides is 1. The number of carbonyl (C=O) groups excluding carboxylic acids is 2. The number of ether oxygens (including phenoxy) is 2. The molecule has 246 valence electrons. The zero-order valence-corrected chi connectivity index (χ0v) is 28.5. The monoisotopic (exact) mass is 626 g/mol. The lowest BCUT2D eigenvalue weighted by Gasteiger charge is -2.20. The maximum Gasteiger partial charge on any atom is 0.328 e. The Morgan fingerprint density at radius 3 is 2.09 bits per heavy atom. The Morgan fingerprint density at radius 2 is 1.48 bits per heavy atom. The van der Waals surface area contributed by atoms with Crippen molar-refractivity contribution in [3.05, 3.63) is 95.7 Å². The Balaban J connectivity index is 0.00000282. The predicted molar refractivity (Wildman–Crippen MR) is 185 cm³/mol. The molecule has 7 heteroatoms. The van der Waals surface area contributed by atoms with Gasteiger partial charge in [0.05, 0.1) is 13.7 Å². The van der Waals surface area contributed by atoms with Gasteiger partial charge >= 0.3 is 5.97 Å². The van der Waals surface area contributed by atoms with Crippen molar-refractivity contribution >= 4 is 11.9 Å². The Hall–Kier alpha value is -4.39. The molecule has 1 amide bonds. The summed E-state index contributed by atoms with van der Waals surface area (Å²) in [5, 5.41) is 2.83. The lowest BCUT2D eigenvalue weighted by Crippen LogP contribution is -2.43. The second kappa shape index (κ2) is 17.9. The molecule has 0 aliphatic rings. The summed E-state index contributed by atoms with van der Waals surface area (Å²) in [6.45, 7) is 13.3. The van der Waals surface area contributed by atoms with Crippen LogP contribution in [0.25, 0.3) is 22.7 Å².